The predicted molar refractivity (Wildman–Crippen MR) is 77.3 cm³/mol. The zero-order valence-electron chi connectivity index (χ0n) is 11.8. The van der Waals surface area contributed by atoms with Crippen molar-refractivity contribution in [1.29, 1.82) is 10.5 Å². The first-order valence-corrected chi connectivity index (χ1v) is 5.92. The van der Waals surface area contributed by atoms with Gasteiger partial charge in [-0.3, -0.25) is 4.99 Å². The molecule has 0 aliphatic carbocycles. The number of hydrogen-bond acceptors (Lipinski definition) is 6. The minimum atomic E-state index is -0.185. The molecule has 0 amide bonds. The Balaban J connectivity index is 2.70. The number of rotatable bonds is 6. The fraction of sp³-hybridized carbons (Fsp3) is 0.214. The molecule has 0 aromatic heterocycles. The van der Waals surface area contributed by atoms with Gasteiger partial charge in [-0.05, 0) is 17.7 Å². The molecule has 0 spiro atoms. The average Bonchev–Trinajstić information content (AvgIpc) is 2.53. The minimum absolute atomic E-state index is 0.0337. The SMILES string of the molecule is COc1ccc(CN=CNC(C#N)=C(N)C#N)cc1OC. The van der Waals surface area contributed by atoms with Crippen molar-refractivity contribution in [3.05, 3.63) is 35.2 Å². The lowest BCUT2D eigenvalue weighted by Gasteiger charge is -2.08. The maximum absolute atomic E-state index is 8.78. The highest BCUT2D eigenvalue weighted by Crippen LogP contribution is 2.27. The maximum atomic E-state index is 8.78. The zero-order valence-corrected chi connectivity index (χ0v) is 11.8. The van der Waals surface area contributed by atoms with Crippen LogP contribution in [-0.4, -0.2) is 20.6 Å². The monoisotopic (exact) mass is 285 g/mol. The van der Waals surface area contributed by atoms with Crippen molar-refractivity contribution in [2.24, 2.45) is 10.7 Å². The van der Waals surface area contributed by atoms with Crippen LogP contribution in [0.1, 0.15) is 5.56 Å². The van der Waals surface area contributed by atoms with Gasteiger partial charge in [-0.25, -0.2) is 0 Å². The van der Waals surface area contributed by atoms with E-state index in [0.29, 0.717) is 18.0 Å². The van der Waals surface area contributed by atoms with Gasteiger partial charge in [-0.1, -0.05) is 6.07 Å². The molecule has 1 aromatic carbocycles. The number of nitriles is 2. The summed E-state index contributed by atoms with van der Waals surface area (Å²) in [5, 5.41) is 19.9. The van der Waals surface area contributed by atoms with E-state index in [1.54, 1.807) is 38.5 Å². The molecule has 1 rings (SSSR count). The third kappa shape index (κ3) is 4.44. The summed E-state index contributed by atoms with van der Waals surface area (Å²) in [6.45, 7) is 0.374. The Morgan fingerprint density at radius 3 is 2.57 bits per heavy atom. The quantitative estimate of drug-likeness (QED) is 0.458. The Morgan fingerprint density at radius 1 is 1.29 bits per heavy atom. The van der Waals surface area contributed by atoms with Crippen molar-refractivity contribution in [1.82, 2.24) is 5.32 Å². The summed E-state index contributed by atoms with van der Waals surface area (Å²) in [4.78, 5) is 4.09. The third-order valence-electron chi connectivity index (χ3n) is 2.52. The lowest BCUT2D eigenvalue weighted by atomic mass is 10.2. The lowest BCUT2D eigenvalue weighted by Crippen LogP contribution is -2.15. The van der Waals surface area contributed by atoms with Gasteiger partial charge in [-0.15, -0.1) is 0 Å². The van der Waals surface area contributed by atoms with E-state index in [4.69, 9.17) is 25.7 Å². The Bertz CT molecular complexity index is 638. The molecule has 0 saturated carbocycles. The highest BCUT2D eigenvalue weighted by molar-refractivity contribution is 5.60. The molecule has 0 atom stereocenters. The molecule has 7 nitrogen and oxygen atoms in total. The summed E-state index contributed by atoms with van der Waals surface area (Å²) >= 11 is 0. The molecule has 0 radical (unpaired) electrons. The van der Waals surface area contributed by atoms with Gasteiger partial charge in [0.05, 0.1) is 27.1 Å². The van der Waals surface area contributed by atoms with E-state index >= 15 is 0 Å². The van der Waals surface area contributed by atoms with Gasteiger partial charge in [0, 0.05) is 0 Å². The van der Waals surface area contributed by atoms with Crippen LogP contribution in [0.15, 0.2) is 34.6 Å². The molecular weight excluding hydrogens is 270 g/mol. The Labute approximate surface area is 122 Å². The van der Waals surface area contributed by atoms with Crippen molar-refractivity contribution in [3.8, 4) is 23.6 Å². The molecule has 7 heteroatoms. The van der Waals surface area contributed by atoms with Gasteiger partial charge in [0.15, 0.2) is 17.2 Å². The van der Waals surface area contributed by atoms with Crippen molar-refractivity contribution in [3.63, 3.8) is 0 Å². The standard InChI is InChI=1S/C14H15N5O2/c1-20-13-4-3-10(5-14(13)21-2)8-18-9-19-12(7-16)11(17)6-15/h3-5,9H,8,17H2,1-2H3,(H,18,19). The summed E-state index contributed by atoms with van der Waals surface area (Å²) < 4.78 is 10.3. The molecule has 0 bridgehead atoms. The fourth-order valence-electron chi connectivity index (χ4n) is 1.47. The molecule has 108 valence electrons. The number of aliphatic imine (C=N–C) groups is 1. The van der Waals surface area contributed by atoms with E-state index in [2.05, 4.69) is 10.3 Å². The second-order valence-electron chi connectivity index (χ2n) is 3.82. The first-order valence-electron chi connectivity index (χ1n) is 5.92. The number of nitrogens with two attached hydrogens (primary N) is 1. The third-order valence-corrected chi connectivity index (χ3v) is 2.52. The molecule has 1 aromatic rings. The van der Waals surface area contributed by atoms with Gasteiger partial charge < -0.3 is 20.5 Å². The Morgan fingerprint density at radius 2 is 2.00 bits per heavy atom. The van der Waals surface area contributed by atoms with Crippen molar-refractivity contribution >= 4 is 6.34 Å². The predicted octanol–water partition coefficient (Wildman–Crippen LogP) is 1.04. The van der Waals surface area contributed by atoms with Crippen LogP contribution in [0, 0.1) is 22.7 Å². The van der Waals surface area contributed by atoms with Gasteiger partial charge in [0.25, 0.3) is 0 Å². The van der Waals surface area contributed by atoms with Crippen LogP contribution in [0.25, 0.3) is 0 Å². The van der Waals surface area contributed by atoms with Crippen LogP contribution >= 0.6 is 0 Å². The molecule has 0 fully saturated rings. The van der Waals surface area contributed by atoms with Crippen LogP contribution in [0.3, 0.4) is 0 Å². The molecule has 21 heavy (non-hydrogen) atoms. The van der Waals surface area contributed by atoms with Crippen molar-refractivity contribution in [2.75, 3.05) is 14.2 Å². The van der Waals surface area contributed by atoms with Gasteiger partial charge in [-0.2, -0.15) is 10.5 Å². The van der Waals surface area contributed by atoms with Crippen LogP contribution in [0.2, 0.25) is 0 Å². The molecule has 0 aliphatic rings. The number of nitrogens with zero attached hydrogens (tertiary/aromatic N) is 3. The average molecular weight is 285 g/mol. The molecule has 0 unspecified atom stereocenters. The fourth-order valence-corrected chi connectivity index (χ4v) is 1.47. The van der Waals surface area contributed by atoms with Gasteiger partial charge >= 0.3 is 0 Å². The van der Waals surface area contributed by atoms with Crippen LogP contribution < -0.4 is 20.5 Å². The molecule has 0 heterocycles. The second kappa shape index (κ2) is 8.08. The first kappa shape index (κ1) is 15.9. The second-order valence-corrected chi connectivity index (χ2v) is 3.82. The van der Waals surface area contributed by atoms with Crippen molar-refractivity contribution in [2.45, 2.75) is 6.54 Å². The van der Waals surface area contributed by atoms with E-state index in [1.807, 2.05) is 6.07 Å². The lowest BCUT2D eigenvalue weighted by molar-refractivity contribution is 0.354. The van der Waals surface area contributed by atoms with Gasteiger partial charge in [0.1, 0.15) is 17.8 Å². The number of hydrogen-bond donors (Lipinski definition) is 2. The number of allylic oxidation sites excluding steroid dienone is 2. The summed E-state index contributed by atoms with van der Waals surface area (Å²) in [6, 6.07) is 8.90. The van der Waals surface area contributed by atoms with Crippen LogP contribution in [-0.2, 0) is 6.54 Å². The summed E-state index contributed by atoms with van der Waals surface area (Å²) in [5.41, 5.74) is 6.02. The Kier molecular flexibility index (Phi) is 6.10. The molecule has 0 aliphatic heterocycles. The van der Waals surface area contributed by atoms with Crippen molar-refractivity contribution < 1.29 is 9.47 Å². The summed E-state index contributed by atoms with van der Waals surface area (Å²) in [5.74, 6) is 1.25. The number of benzene rings is 1. The highest BCUT2D eigenvalue weighted by Gasteiger charge is 2.03. The number of ether oxygens (including phenoxy) is 2. The molecule has 0 saturated heterocycles. The summed E-state index contributed by atoms with van der Waals surface area (Å²) in [7, 11) is 3.12. The van der Waals surface area contributed by atoms with E-state index in [1.165, 1.54) is 6.34 Å². The number of methoxy groups -OCH3 is 2. The molecular formula is C14H15N5O2. The normalized spacial score (nSPS) is 11.2. The first-order chi connectivity index (χ1) is 10.2. The van der Waals surface area contributed by atoms with E-state index in [-0.39, 0.29) is 11.4 Å². The molecule has 3 N–H and O–H groups in total. The zero-order chi connectivity index (χ0) is 15.7. The topological polar surface area (TPSA) is 116 Å². The Hall–Kier alpha value is -3.19. The number of nitrogens with one attached hydrogen (secondary N) is 1. The minimum Gasteiger partial charge on any atom is -0.493 e. The van der Waals surface area contributed by atoms with E-state index in [9.17, 15) is 0 Å². The van der Waals surface area contributed by atoms with Crippen LogP contribution in [0.5, 0.6) is 11.5 Å². The van der Waals surface area contributed by atoms with E-state index in [0.717, 1.165) is 5.56 Å². The van der Waals surface area contributed by atoms with Gasteiger partial charge in [0.2, 0.25) is 0 Å². The largest absolute Gasteiger partial charge is 0.493 e. The maximum Gasteiger partial charge on any atom is 0.161 e. The van der Waals surface area contributed by atoms with Crippen LogP contribution in [0.4, 0.5) is 0 Å². The highest BCUT2D eigenvalue weighted by atomic mass is 16.5. The van der Waals surface area contributed by atoms with E-state index < -0.39 is 0 Å². The summed E-state index contributed by atoms with van der Waals surface area (Å²) in [6.07, 6.45) is 1.32. The smallest absolute Gasteiger partial charge is 0.161 e.